The van der Waals surface area contributed by atoms with E-state index in [0.717, 1.165) is 0 Å². The summed E-state index contributed by atoms with van der Waals surface area (Å²) >= 11 is 0. The summed E-state index contributed by atoms with van der Waals surface area (Å²) in [5.74, 6) is -0.163. The summed E-state index contributed by atoms with van der Waals surface area (Å²) in [4.78, 5) is 12.0. The Hall–Kier alpha value is -1.99. The number of carbonyl (C=O) groups is 1. The Kier molecular flexibility index (Phi) is 5.68. The highest BCUT2D eigenvalue weighted by molar-refractivity contribution is 5.94. The van der Waals surface area contributed by atoms with Crippen LogP contribution in [-0.2, 0) is 14.2 Å². The van der Waals surface area contributed by atoms with Crippen LogP contribution in [0.1, 0.15) is 24.2 Å². The Bertz CT molecular complexity index is 554. The minimum absolute atomic E-state index is 0.223. The molecule has 0 unspecified atom stereocenters. The van der Waals surface area contributed by atoms with Crippen LogP contribution in [0.15, 0.2) is 12.1 Å². The predicted octanol–water partition coefficient (Wildman–Crippen LogP) is 2.02. The monoisotopic (exact) mass is 326 g/mol. The van der Waals surface area contributed by atoms with Crippen molar-refractivity contribution >= 4 is 5.97 Å². The fraction of sp³-hybridized carbons (Fsp3) is 0.562. The first kappa shape index (κ1) is 17.4. The van der Waals surface area contributed by atoms with E-state index in [1.165, 1.54) is 14.2 Å². The van der Waals surface area contributed by atoms with Crippen LogP contribution in [0.5, 0.6) is 17.2 Å². The van der Waals surface area contributed by atoms with Gasteiger partial charge in [-0.1, -0.05) is 0 Å². The van der Waals surface area contributed by atoms with Gasteiger partial charge in [0.15, 0.2) is 17.3 Å². The summed E-state index contributed by atoms with van der Waals surface area (Å²) in [5, 5.41) is 0. The molecule has 0 saturated carbocycles. The van der Waals surface area contributed by atoms with Crippen LogP contribution in [0.25, 0.3) is 0 Å². The predicted molar refractivity (Wildman–Crippen MR) is 81.3 cm³/mol. The van der Waals surface area contributed by atoms with Gasteiger partial charge in [0, 0.05) is 0 Å². The molecule has 0 aromatic heterocycles. The van der Waals surface area contributed by atoms with E-state index in [9.17, 15) is 4.79 Å². The van der Waals surface area contributed by atoms with Crippen molar-refractivity contribution < 1.29 is 33.2 Å². The van der Waals surface area contributed by atoms with Gasteiger partial charge in [0.25, 0.3) is 0 Å². The van der Waals surface area contributed by atoms with Gasteiger partial charge in [0.1, 0.15) is 18.8 Å². The van der Waals surface area contributed by atoms with Gasteiger partial charge < -0.3 is 28.4 Å². The fourth-order valence-corrected chi connectivity index (χ4v) is 2.16. The summed E-state index contributed by atoms with van der Waals surface area (Å²) in [6, 6.07) is 3.21. The average molecular weight is 326 g/mol. The quantitative estimate of drug-likeness (QED) is 0.770. The molecular weight excluding hydrogens is 304 g/mol. The van der Waals surface area contributed by atoms with Gasteiger partial charge >= 0.3 is 5.97 Å². The normalized spacial score (nSPS) is 17.7. The van der Waals surface area contributed by atoms with Gasteiger partial charge in [-0.15, -0.1) is 0 Å². The molecule has 0 spiro atoms. The van der Waals surface area contributed by atoms with Crippen LogP contribution < -0.4 is 14.2 Å². The molecule has 128 valence electrons. The molecule has 23 heavy (non-hydrogen) atoms. The number of carbonyl (C=O) groups excluding carboxylic acids is 1. The molecule has 2 rings (SSSR count). The molecular formula is C16H22O7. The molecule has 1 aliphatic rings. The molecule has 7 nitrogen and oxygen atoms in total. The third-order valence-corrected chi connectivity index (χ3v) is 3.26. The van der Waals surface area contributed by atoms with E-state index in [1.807, 2.05) is 13.8 Å². The molecule has 0 fully saturated rings. The SMILES string of the molecule is COC(=O)c1ccc(OC)c2c1OCCOC(C)(C)OCCO2. The lowest BCUT2D eigenvalue weighted by molar-refractivity contribution is -0.217. The molecule has 1 aromatic carbocycles. The first-order valence-electron chi connectivity index (χ1n) is 7.31. The highest BCUT2D eigenvalue weighted by atomic mass is 16.7. The van der Waals surface area contributed by atoms with E-state index in [0.29, 0.717) is 24.7 Å². The van der Waals surface area contributed by atoms with E-state index in [-0.39, 0.29) is 24.5 Å². The molecule has 0 radical (unpaired) electrons. The second-order valence-corrected chi connectivity index (χ2v) is 5.26. The van der Waals surface area contributed by atoms with Gasteiger partial charge in [-0.3, -0.25) is 0 Å². The third kappa shape index (κ3) is 4.27. The van der Waals surface area contributed by atoms with Gasteiger partial charge in [-0.2, -0.15) is 0 Å². The summed E-state index contributed by atoms with van der Waals surface area (Å²) in [6.07, 6.45) is 0. The maximum Gasteiger partial charge on any atom is 0.341 e. The molecule has 0 atom stereocenters. The van der Waals surface area contributed by atoms with Gasteiger partial charge in [-0.05, 0) is 26.0 Å². The lowest BCUT2D eigenvalue weighted by atomic mass is 10.1. The maximum atomic E-state index is 12.0. The molecule has 1 aliphatic heterocycles. The van der Waals surface area contributed by atoms with Crippen molar-refractivity contribution in [2.45, 2.75) is 19.6 Å². The van der Waals surface area contributed by atoms with E-state index in [4.69, 9.17) is 28.4 Å². The van der Waals surface area contributed by atoms with Crippen molar-refractivity contribution in [1.82, 2.24) is 0 Å². The maximum absolute atomic E-state index is 12.0. The second-order valence-electron chi connectivity index (χ2n) is 5.26. The zero-order chi connectivity index (χ0) is 16.9. The summed E-state index contributed by atoms with van der Waals surface area (Å²) in [6.45, 7) is 4.73. The number of fused-ring (bicyclic) bond motifs is 1. The van der Waals surface area contributed by atoms with Crippen LogP contribution in [-0.4, -0.2) is 52.4 Å². The van der Waals surface area contributed by atoms with Crippen molar-refractivity contribution in [3.63, 3.8) is 0 Å². The first-order valence-corrected chi connectivity index (χ1v) is 7.31. The number of ether oxygens (including phenoxy) is 6. The average Bonchev–Trinajstić information content (AvgIpc) is 2.57. The lowest BCUT2D eigenvalue weighted by Crippen LogP contribution is -2.31. The fourth-order valence-electron chi connectivity index (χ4n) is 2.16. The topological polar surface area (TPSA) is 72.5 Å². The van der Waals surface area contributed by atoms with E-state index in [2.05, 4.69) is 0 Å². The Labute approximate surface area is 135 Å². The third-order valence-electron chi connectivity index (χ3n) is 3.26. The van der Waals surface area contributed by atoms with Gasteiger partial charge in [0.2, 0.25) is 5.75 Å². The minimum atomic E-state index is -0.738. The van der Waals surface area contributed by atoms with Crippen LogP contribution in [0.2, 0.25) is 0 Å². The van der Waals surface area contributed by atoms with Gasteiger partial charge in [0.05, 0.1) is 27.4 Å². The van der Waals surface area contributed by atoms with Crippen LogP contribution in [0.3, 0.4) is 0 Å². The van der Waals surface area contributed by atoms with Crippen molar-refractivity contribution in [3.8, 4) is 17.2 Å². The number of benzene rings is 1. The molecule has 0 aliphatic carbocycles. The van der Waals surface area contributed by atoms with Crippen molar-refractivity contribution in [2.75, 3.05) is 40.6 Å². The largest absolute Gasteiger partial charge is 0.493 e. The number of rotatable bonds is 2. The number of hydrogen-bond acceptors (Lipinski definition) is 7. The molecule has 0 amide bonds. The van der Waals surface area contributed by atoms with E-state index in [1.54, 1.807) is 12.1 Å². The molecule has 0 bridgehead atoms. The number of methoxy groups -OCH3 is 2. The van der Waals surface area contributed by atoms with E-state index < -0.39 is 11.8 Å². The molecule has 7 heteroatoms. The Morgan fingerprint density at radius 3 is 2.17 bits per heavy atom. The summed E-state index contributed by atoms with van der Waals surface area (Å²) in [5.41, 5.74) is 0.266. The number of hydrogen-bond donors (Lipinski definition) is 0. The minimum Gasteiger partial charge on any atom is -0.493 e. The molecule has 0 saturated heterocycles. The Balaban J connectivity index is 2.37. The van der Waals surface area contributed by atoms with Crippen molar-refractivity contribution in [1.29, 1.82) is 0 Å². The highest BCUT2D eigenvalue weighted by Crippen LogP contribution is 2.40. The zero-order valence-electron chi connectivity index (χ0n) is 13.8. The molecule has 1 heterocycles. The Morgan fingerprint density at radius 2 is 1.61 bits per heavy atom. The molecule has 1 aromatic rings. The smallest absolute Gasteiger partial charge is 0.341 e. The zero-order valence-corrected chi connectivity index (χ0v) is 13.8. The van der Waals surface area contributed by atoms with E-state index >= 15 is 0 Å². The van der Waals surface area contributed by atoms with Crippen LogP contribution in [0.4, 0.5) is 0 Å². The van der Waals surface area contributed by atoms with Crippen LogP contribution in [0, 0.1) is 0 Å². The van der Waals surface area contributed by atoms with Gasteiger partial charge in [-0.25, -0.2) is 4.79 Å². The standard InChI is InChI=1S/C16H22O7/c1-16(2)22-9-7-20-13-11(15(17)19-4)5-6-12(18-3)14(13)21-8-10-23-16/h5-6H,7-10H2,1-4H3. The second kappa shape index (κ2) is 7.52. The molecule has 0 N–H and O–H groups in total. The first-order chi connectivity index (χ1) is 11.0. The van der Waals surface area contributed by atoms with Crippen molar-refractivity contribution in [2.24, 2.45) is 0 Å². The van der Waals surface area contributed by atoms with Crippen LogP contribution >= 0.6 is 0 Å². The summed E-state index contributed by atoms with van der Waals surface area (Å²) in [7, 11) is 2.83. The number of esters is 1. The Morgan fingerprint density at radius 1 is 1.00 bits per heavy atom. The lowest BCUT2D eigenvalue weighted by Gasteiger charge is -2.25. The van der Waals surface area contributed by atoms with Crippen molar-refractivity contribution in [3.05, 3.63) is 17.7 Å². The highest BCUT2D eigenvalue weighted by Gasteiger charge is 2.25. The summed E-state index contributed by atoms with van der Waals surface area (Å²) < 4.78 is 32.8.